The van der Waals surface area contributed by atoms with Gasteiger partial charge in [0.2, 0.25) is 5.90 Å². The van der Waals surface area contributed by atoms with Gasteiger partial charge in [-0.1, -0.05) is 54.1 Å². The zero-order valence-electron chi connectivity index (χ0n) is 13.1. The van der Waals surface area contributed by atoms with Crippen LogP contribution in [-0.2, 0) is 9.53 Å². The Bertz CT molecular complexity index is 812. The van der Waals surface area contributed by atoms with Gasteiger partial charge in [-0.3, -0.25) is 0 Å². The first-order valence-corrected chi connectivity index (χ1v) is 7.45. The number of rotatable bonds is 3. The molecule has 0 unspecified atom stereocenters. The van der Waals surface area contributed by atoms with Crippen molar-refractivity contribution in [3.63, 3.8) is 0 Å². The minimum absolute atomic E-state index is 0.324. The molecule has 3 heteroatoms. The van der Waals surface area contributed by atoms with Crippen molar-refractivity contribution < 1.29 is 9.53 Å². The number of aryl methyl sites for hydroxylation is 1. The molecular weight excluding hydrogens is 286 g/mol. The lowest BCUT2D eigenvalue weighted by Gasteiger charge is -1.99. The van der Waals surface area contributed by atoms with Crippen LogP contribution >= 0.6 is 0 Å². The van der Waals surface area contributed by atoms with Crippen LogP contribution in [0.1, 0.15) is 23.6 Å². The molecule has 3 nitrogen and oxygen atoms in total. The van der Waals surface area contributed by atoms with Gasteiger partial charge in [0.25, 0.3) is 0 Å². The third-order valence-corrected chi connectivity index (χ3v) is 3.48. The van der Waals surface area contributed by atoms with Crippen LogP contribution in [0.5, 0.6) is 0 Å². The lowest BCUT2D eigenvalue weighted by atomic mass is 10.1. The fraction of sp³-hybridized carbons (Fsp3) is 0.100. The molecule has 0 amide bonds. The highest BCUT2D eigenvalue weighted by atomic mass is 16.6. The van der Waals surface area contributed by atoms with Crippen LogP contribution in [0, 0.1) is 6.92 Å². The third kappa shape index (κ3) is 3.64. The summed E-state index contributed by atoms with van der Waals surface area (Å²) in [5.74, 6) is -0.0600. The second-order valence-electron chi connectivity index (χ2n) is 5.50. The predicted octanol–water partition coefficient (Wildman–Crippen LogP) is 4.29. The first kappa shape index (κ1) is 15.0. The Hall–Kier alpha value is -2.94. The zero-order chi connectivity index (χ0) is 16.2. The molecule has 1 aliphatic rings. The van der Waals surface area contributed by atoms with E-state index >= 15 is 0 Å². The molecule has 0 radical (unpaired) electrons. The van der Waals surface area contributed by atoms with Gasteiger partial charge in [-0.15, -0.1) is 0 Å². The van der Waals surface area contributed by atoms with Crippen LogP contribution in [-0.4, -0.2) is 11.9 Å². The number of hydrogen-bond donors (Lipinski definition) is 0. The van der Waals surface area contributed by atoms with Crippen molar-refractivity contribution in [2.45, 2.75) is 13.8 Å². The number of nitrogens with zero attached hydrogens (tertiary/aromatic N) is 1. The number of benzene rings is 2. The minimum Gasteiger partial charge on any atom is -0.402 e. The molecule has 2 aromatic rings. The van der Waals surface area contributed by atoms with Gasteiger partial charge in [0.1, 0.15) is 0 Å². The third-order valence-electron chi connectivity index (χ3n) is 3.48. The maximum atomic E-state index is 12.0. The quantitative estimate of drug-likeness (QED) is 0.627. The molecule has 0 fully saturated rings. The topological polar surface area (TPSA) is 38.7 Å². The molecule has 1 aliphatic heterocycles. The Balaban J connectivity index is 1.86. The molecule has 0 saturated carbocycles. The second kappa shape index (κ2) is 6.44. The Kier molecular flexibility index (Phi) is 4.20. The van der Waals surface area contributed by atoms with Crippen molar-refractivity contribution in [2.75, 3.05) is 0 Å². The van der Waals surface area contributed by atoms with Crippen LogP contribution in [0.25, 0.3) is 6.08 Å². The lowest BCUT2D eigenvalue weighted by molar-refractivity contribution is -0.130. The molecule has 0 aliphatic carbocycles. The molecule has 0 bridgehead atoms. The van der Waals surface area contributed by atoms with Crippen LogP contribution in [0.2, 0.25) is 0 Å². The van der Waals surface area contributed by atoms with Crippen molar-refractivity contribution in [3.05, 3.63) is 88.6 Å². The van der Waals surface area contributed by atoms with E-state index in [1.165, 1.54) is 0 Å². The van der Waals surface area contributed by atoms with Crippen LogP contribution in [0.3, 0.4) is 0 Å². The van der Waals surface area contributed by atoms with E-state index in [0.717, 1.165) is 22.3 Å². The molecule has 0 atom stereocenters. The summed E-state index contributed by atoms with van der Waals surface area (Å²) in [4.78, 5) is 16.3. The van der Waals surface area contributed by atoms with Crippen LogP contribution in [0.15, 0.2) is 76.9 Å². The van der Waals surface area contributed by atoms with Gasteiger partial charge >= 0.3 is 5.97 Å². The molecular formula is C20H17NO2. The Morgan fingerprint density at radius 1 is 1.04 bits per heavy atom. The summed E-state index contributed by atoms with van der Waals surface area (Å²) in [6.07, 6.45) is 3.75. The smallest absolute Gasteiger partial charge is 0.363 e. The van der Waals surface area contributed by atoms with Crippen LogP contribution in [0.4, 0.5) is 0 Å². The van der Waals surface area contributed by atoms with Gasteiger partial charge in [0, 0.05) is 5.56 Å². The average molecular weight is 303 g/mol. The van der Waals surface area contributed by atoms with Gasteiger partial charge in [-0.25, -0.2) is 9.79 Å². The molecule has 0 aromatic heterocycles. The summed E-state index contributed by atoms with van der Waals surface area (Å²) in [6.45, 7) is 3.95. The maximum Gasteiger partial charge on any atom is 0.363 e. The first-order valence-electron chi connectivity index (χ1n) is 7.45. The van der Waals surface area contributed by atoms with Gasteiger partial charge in [0.15, 0.2) is 5.70 Å². The summed E-state index contributed by atoms with van der Waals surface area (Å²) in [7, 11) is 0. The highest BCUT2D eigenvalue weighted by molar-refractivity contribution is 6.11. The van der Waals surface area contributed by atoms with Crippen molar-refractivity contribution in [1.82, 2.24) is 0 Å². The first-order chi connectivity index (χ1) is 11.1. The Morgan fingerprint density at radius 3 is 2.43 bits per heavy atom. The summed E-state index contributed by atoms with van der Waals surface area (Å²) >= 11 is 0. The molecule has 23 heavy (non-hydrogen) atoms. The molecule has 0 saturated heterocycles. The number of ether oxygens (including phenoxy) is 1. The van der Waals surface area contributed by atoms with E-state index in [0.29, 0.717) is 11.6 Å². The fourth-order valence-corrected chi connectivity index (χ4v) is 2.30. The molecule has 0 N–H and O–H groups in total. The van der Waals surface area contributed by atoms with Gasteiger partial charge < -0.3 is 4.74 Å². The summed E-state index contributed by atoms with van der Waals surface area (Å²) in [6, 6.07) is 17.7. The molecule has 2 aromatic carbocycles. The number of esters is 1. The van der Waals surface area contributed by atoms with E-state index in [4.69, 9.17) is 4.74 Å². The van der Waals surface area contributed by atoms with E-state index in [2.05, 4.69) is 4.99 Å². The number of allylic oxidation sites excluding steroid dienone is 2. The number of hydrogen-bond acceptors (Lipinski definition) is 3. The molecule has 114 valence electrons. The summed E-state index contributed by atoms with van der Waals surface area (Å²) in [5, 5.41) is 0. The van der Waals surface area contributed by atoms with Crippen molar-refractivity contribution in [3.8, 4) is 0 Å². The Labute approximate surface area is 135 Å². The highest BCUT2D eigenvalue weighted by Gasteiger charge is 2.23. The average Bonchev–Trinajstić information content (AvgIpc) is 2.90. The molecule has 1 heterocycles. The van der Waals surface area contributed by atoms with Gasteiger partial charge in [-0.2, -0.15) is 0 Å². The highest BCUT2D eigenvalue weighted by Crippen LogP contribution is 2.19. The zero-order valence-corrected chi connectivity index (χ0v) is 13.1. The molecule has 3 rings (SSSR count). The number of cyclic esters (lactones) is 1. The van der Waals surface area contributed by atoms with E-state index in [-0.39, 0.29) is 0 Å². The van der Waals surface area contributed by atoms with E-state index in [9.17, 15) is 4.79 Å². The Morgan fingerprint density at radius 2 is 1.74 bits per heavy atom. The molecule has 0 spiro atoms. The number of carbonyl (C=O) groups excluding carboxylic acids is 1. The fourth-order valence-electron chi connectivity index (χ4n) is 2.30. The maximum absolute atomic E-state index is 12.0. The number of carbonyl (C=O) groups is 1. The largest absolute Gasteiger partial charge is 0.402 e. The van der Waals surface area contributed by atoms with Crippen molar-refractivity contribution >= 4 is 17.9 Å². The SMILES string of the molecule is CC(=Cc1ccccc1)C=C1N=C(c2ccc(C)cc2)OC1=O. The standard InChI is InChI=1S/C20H17NO2/c1-14-8-10-17(11-9-14)19-21-18(20(22)23-19)13-15(2)12-16-6-4-3-5-7-16/h3-13H,1-2H3. The number of aliphatic imine (C=N–C) groups is 1. The summed E-state index contributed by atoms with van der Waals surface area (Å²) < 4.78 is 5.27. The van der Waals surface area contributed by atoms with Crippen molar-refractivity contribution in [2.24, 2.45) is 4.99 Å². The van der Waals surface area contributed by atoms with E-state index in [1.807, 2.05) is 74.5 Å². The normalized spacial score (nSPS) is 16.4. The predicted molar refractivity (Wildman–Crippen MR) is 92.0 cm³/mol. The van der Waals surface area contributed by atoms with Crippen molar-refractivity contribution in [1.29, 1.82) is 0 Å². The van der Waals surface area contributed by atoms with E-state index < -0.39 is 5.97 Å². The van der Waals surface area contributed by atoms with Crippen LogP contribution < -0.4 is 0 Å². The minimum atomic E-state index is -0.415. The second-order valence-corrected chi connectivity index (χ2v) is 5.50. The van der Waals surface area contributed by atoms with E-state index in [1.54, 1.807) is 6.08 Å². The van der Waals surface area contributed by atoms with Gasteiger partial charge in [-0.05, 0) is 43.2 Å². The lowest BCUT2D eigenvalue weighted by Crippen LogP contribution is -2.05. The van der Waals surface area contributed by atoms with Gasteiger partial charge in [0.05, 0.1) is 0 Å². The summed E-state index contributed by atoms with van der Waals surface area (Å²) in [5.41, 5.74) is 4.30. The monoisotopic (exact) mass is 303 g/mol.